The summed E-state index contributed by atoms with van der Waals surface area (Å²) >= 11 is 0. The van der Waals surface area contributed by atoms with E-state index in [4.69, 9.17) is 5.26 Å². The second-order valence-electron chi connectivity index (χ2n) is 4.61. The third kappa shape index (κ3) is 2.55. The fraction of sp³-hybridized carbons (Fsp3) is 0.267. The number of aromatic nitrogens is 1. The van der Waals surface area contributed by atoms with Crippen LogP contribution >= 0.6 is 0 Å². The Bertz CT molecular complexity index is 658. The van der Waals surface area contributed by atoms with E-state index < -0.39 is 11.7 Å². The topological polar surface area (TPSA) is 28.7 Å². The highest BCUT2D eigenvalue weighted by Crippen LogP contribution is 2.30. The van der Waals surface area contributed by atoms with Gasteiger partial charge >= 0.3 is 6.18 Å². The van der Waals surface area contributed by atoms with Gasteiger partial charge in [-0.25, -0.2) is 0 Å². The van der Waals surface area contributed by atoms with Gasteiger partial charge in [0, 0.05) is 17.1 Å². The lowest BCUT2D eigenvalue weighted by atomic mass is 10.2. The van der Waals surface area contributed by atoms with Crippen molar-refractivity contribution >= 4 is 0 Å². The van der Waals surface area contributed by atoms with Crippen molar-refractivity contribution in [3.05, 3.63) is 52.8 Å². The van der Waals surface area contributed by atoms with E-state index in [-0.39, 0.29) is 0 Å². The highest BCUT2D eigenvalue weighted by molar-refractivity contribution is 5.43. The SMILES string of the molecule is Cc1cc(CC#N)c(C)n1-c1ccc(C(F)(F)F)cc1. The van der Waals surface area contributed by atoms with Crippen LogP contribution in [0.3, 0.4) is 0 Å². The third-order valence-electron chi connectivity index (χ3n) is 3.26. The van der Waals surface area contributed by atoms with Crippen molar-refractivity contribution < 1.29 is 13.2 Å². The van der Waals surface area contributed by atoms with Crippen molar-refractivity contribution in [1.82, 2.24) is 4.57 Å². The van der Waals surface area contributed by atoms with E-state index in [1.165, 1.54) is 12.1 Å². The lowest BCUT2D eigenvalue weighted by Crippen LogP contribution is -2.06. The van der Waals surface area contributed by atoms with Crippen LogP contribution in [-0.4, -0.2) is 4.57 Å². The average Bonchev–Trinajstić information content (AvgIpc) is 2.64. The maximum atomic E-state index is 12.5. The highest BCUT2D eigenvalue weighted by atomic mass is 19.4. The summed E-state index contributed by atoms with van der Waals surface area (Å²) in [5, 5.41) is 8.76. The zero-order valence-corrected chi connectivity index (χ0v) is 11.1. The predicted molar refractivity (Wildman–Crippen MR) is 69.6 cm³/mol. The Kier molecular flexibility index (Phi) is 3.58. The van der Waals surface area contributed by atoms with E-state index in [1.54, 1.807) is 0 Å². The molecule has 20 heavy (non-hydrogen) atoms. The molecule has 0 N–H and O–H groups in total. The number of hydrogen-bond acceptors (Lipinski definition) is 1. The molecule has 0 aliphatic heterocycles. The number of nitrogens with zero attached hydrogens (tertiary/aromatic N) is 2. The van der Waals surface area contributed by atoms with Crippen LogP contribution < -0.4 is 0 Å². The molecule has 0 spiro atoms. The van der Waals surface area contributed by atoms with Crippen molar-refractivity contribution in [2.45, 2.75) is 26.4 Å². The molecule has 0 saturated carbocycles. The minimum Gasteiger partial charge on any atom is -0.318 e. The first-order valence-electron chi connectivity index (χ1n) is 6.07. The molecule has 104 valence electrons. The maximum absolute atomic E-state index is 12.5. The normalized spacial score (nSPS) is 11.4. The van der Waals surface area contributed by atoms with Crippen LogP contribution in [0.1, 0.15) is 22.5 Å². The van der Waals surface area contributed by atoms with Crippen molar-refractivity contribution in [3.8, 4) is 11.8 Å². The van der Waals surface area contributed by atoms with Crippen LogP contribution in [0.2, 0.25) is 0 Å². The minimum atomic E-state index is -4.33. The Morgan fingerprint density at radius 2 is 1.75 bits per heavy atom. The first-order valence-corrected chi connectivity index (χ1v) is 6.07. The van der Waals surface area contributed by atoms with Gasteiger partial charge in [0.2, 0.25) is 0 Å². The van der Waals surface area contributed by atoms with Gasteiger partial charge in [-0.1, -0.05) is 0 Å². The molecular weight excluding hydrogens is 265 g/mol. The van der Waals surface area contributed by atoms with Gasteiger partial charge in [-0.3, -0.25) is 0 Å². The Balaban J connectivity index is 2.45. The van der Waals surface area contributed by atoms with Crippen molar-refractivity contribution in [2.75, 3.05) is 0 Å². The Morgan fingerprint density at radius 3 is 2.25 bits per heavy atom. The average molecular weight is 278 g/mol. The second-order valence-corrected chi connectivity index (χ2v) is 4.61. The number of aryl methyl sites for hydroxylation is 1. The van der Waals surface area contributed by atoms with E-state index >= 15 is 0 Å². The van der Waals surface area contributed by atoms with Crippen molar-refractivity contribution in [1.29, 1.82) is 5.26 Å². The molecule has 0 radical (unpaired) electrons. The first kappa shape index (κ1) is 14.2. The van der Waals surface area contributed by atoms with Gasteiger partial charge in [-0.2, -0.15) is 18.4 Å². The first-order chi connectivity index (χ1) is 9.34. The lowest BCUT2D eigenvalue weighted by Gasteiger charge is -2.12. The van der Waals surface area contributed by atoms with Gasteiger partial charge in [-0.15, -0.1) is 0 Å². The molecule has 1 aromatic heterocycles. The van der Waals surface area contributed by atoms with E-state index in [9.17, 15) is 13.2 Å². The minimum absolute atomic E-state index is 0.292. The summed E-state index contributed by atoms with van der Waals surface area (Å²) in [7, 11) is 0. The Morgan fingerprint density at radius 1 is 1.15 bits per heavy atom. The number of halogens is 3. The summed E-state index contributed by atoms with van der Waals surface area (Å²) in [6.07, 6.45) is -4.04. The zero-order chi connectivity index (χ0) is 14.9. The molecule has 2 aromatic rings. The molecule has 2 nitrogen and oxygen atoms in total. The monoisotopic (exact) mass is 278 g/mol. The van der Waals surface area contributed by atoms with E-state index in [1.807, 2.05) is 24.5 Å². The van der Waals surface area contributed by atoms with Gasteiger partial charge in [0.1, 0.15) is 0 Å². The van der Waals surface area contributed by atoms with Gasteiger partial charge in [0.15, 0.2) is 0 Å². The molecule has 1 heterocycles. The summed E-state index contributed by atoms with van der Waals surface area (Å²) in [6.45, 7) is 3.73. The van der Waals surface area contributed by atoms with E-state index in [2.05, 4.69) is 6.07 Å². The number of hydrogen-bond donors (Lipinski definition) is 0. The van der Waals surface area contributed by atoms with Crippen LogP contribution in [0.15, 0.2) is 30.3 Å². The molecule has 2 rings (SSSR count). The van der Waals surface area contributed by atoms with Crippen LogP contribution in [0.25, 0.3) is 5.69 Å². The largest absolute Gasteiger partial charge is 0.416 e. The summed E-state index contributed by atoms with van der Waals surface area (Å²) in [6, 6.07) is 8.99. The van der Waals surface area contributed by atoms with Crippen LogP contribution in [0.4, 0.5) is 13.2 Å². The van der Waals surface area contributed by atoms with Crippen molar-refractivity contribution in [2.24, 2.45) is 0 Å². The molecule has 1 aromatic carbocycles. The molecule has 0 aliphatic carbocycles. The molecule has 5 heteroatoms. The van der Waals surface area contributed by atoms with Crippen molar-refractivity contribution in [3.63, 3.8) is 0 Å². The molecule has 0 bridgehead atoms. The second kappa shape index (κ2) is 5.04. The standard InChI is InChI=1S/C15H13F3N2/c1-10-9-12(7-8-19)11(2)20(10)14-5-3-13(4-6-14)15(16,17)18/h3-6,9H,7H2,1-2H3. The van der Waals surface area contributed by atoms with E-state index in [0.717, 1.165) is 29.1 Å². The molecule has 0 aliphatic rings. The number of alkyl halides is 3. The molecule has 0 fully saturated rings. The predicted octanol–water partition coefficient (Wildman–Crippen LogP) is 4.18. The Hall–Kier alpha value is -2.22. The van der Waals surface area contributed by atoms with Gasteiger partial charge in [-0.05, 0) is 49.7 Å². The smallest absolute Gasteiger partial charge is 0.318 e. The molecule has 0 saturated heterocycles. The molecular formula is C15H13F3N2. The third-order valence-corrected chi connectivity index (χ3v) is 3.26. The summed E-state index contributed by atoms with van der Waals surface area (Å²) < 4.78 is 39.5. The highest BCUT2D eigenvalue weighted by Gasteiger charge is 2.30. The van der Waals surface area contributed by atoms with Crippen LogP contribution in [0, 0.1) is 25.2 Å². The molecule has 0 amide bonds. The summed E-state index contributed by atoms with van der Waals surface area (Å²) in [4.78, 5) is 0. The molecule has 0 atom stereocenters. The van der Waals surface area contributed by atoms with Gasteiger partial charge in [0.25, 0.3) is 0 Å². The fourth-order valence-electron chi connectivity index (χ4n) is 2.29. The number of benzene rings is 1. The van der Waals surface area contributed by atoms with Gasteiger partial charge < -0.3 is 4.57 Å². The summed E-state index contributed by atoms with van der Waals surface area (Å²) in [5.74, 6) is 0. The number of nitriles is 1. The van der Waals surface area contributed by atoms with Gasteiger partial charge in [0.05, 0.1) is 18.1 Å². The zero-order valence-electron chi connectivity index (χ0n) is 11.1. The quantitative estimate of drug-likeness (QED) is 0.810. The Labute approximate surface area is 115 Å². The lowest BCUT2D eigenvalue weighted by molar-refractivity contribution is -0.137. The maximum Gasteiger partial charge on any atom is 0.416 e. The summed E-state index contributed by atoms with van der Waals surface area (Å²) in [5.41, 5.74) is 2.67. The van der Waals surface area contributed by atoms with E-state index in [0.29, 0.717) is 12.1 Å². The fourth-order valence-corrected chi connectivity index (χ4v) is 2.29. The van der Waals surface area contributed by atoms with Crippen LogP contribution in [-0.2, 0) is 12.6 Å². The number of rotatable bonds is 2. The van der Waals surface area contributed by atoms with Crippen LogP contribution in [0.5, 0.6) is 0 Å². The molecule has 0 unspecified atom stereocenters.